The van der Waals surface area contributed by atoms with Crippen LogP contribution in [0.1, 0.15) is 54.1 Å². The van der Waals surface area contributed by atoms with Crippen LogP contribution in [0.15, 0.2) is 72.8 Å². The van der Waals surface area contributed by atoms with Crippen molar-refractivity contribution in [2.75, 3.05) is 7.11 Å². The van der Waals surface area contributed by atoms with Crippen molar-refractivity contribution in [2.45, 2.75) is 44.8 Å². The molecule has 0 spiro atoms. The number of carboxylic acids is 1. The van der Waals surface area contributed by atoms with Crippen LogP contribution in [0.25, 0.3) is 22.4 Å². The molecule has 4 aromatic rings. The molecule has 6 nitrogen and oxygen atoms in total. The van der Waals surface area contributed by atoms with Crippen LogP contribution in [-0.4, -0.2) is 32.8 Å². The van der Waals surface area contributed by atoms with Gasteiger partial charge < -0.3 is 19.5 Å². The number of hydrogen-bond acceptors (Lipinski definition) is 4. The molecule has 1 fully saturated rings. The van der Waals surface area contributed by atoms with Gasteiger partial charge in [0.15, 0.2) is 0 Å². The van der Waals surface area contributed by atoms with Crippen LogP contribution < -0.4 is 4.74 Å². The van der Waals surface area contributed by atoms with Crippen molar-refractivity contribution in [2.24, 2.45) is 0 Å². The predicted octanol–water partition coefficient (Wildman–Crippen LogP) is 6.09. The molecule has 1 aliphatic carbocycles. The zero-order valence-corrected chi connectivity index (χ0v) is 19.4. The van der Waals surface area contributed by atoms with E-state index in [1.54, 1.807) is 12.1 Å². The third kappa shape index (κ3) is 5.13. The number of aromatic nitrogens is 2. The van der Waals surface area contributed by atoms with Gasteiger partial charge in [-0.2, -0.15) is 0 Å². The summed E-state index contributed by atoms with van der Waals surface area (Å²) in [6.45, 7) is 0.527. The molecule has 1 aromatic heterocycles. The number of aliphatic hydroxyl groups excluding tert-OH is 1. The van der Waals surface area contributed by atoms with E-state index < -0.39 is 5.97 Å². The summed E-state index contributed by atoms with van der Waals surface area (Å²) in [5.74, 6) is 0.774. The first kappa shape index (κ1) is 23.5. The van der Waals surface area contributed by atoms with Crippen LogP contribution in [0.3, 0.4) is 0 Å². The summed E-state index contributed by atoms with van der Waals surface area (Å²) in [4.78, 5) is 16.3. The molecule has 1 heterocycles. The van der Waals surface area contributed by atoms with E-state index in [0.717, 1.165) is 53.7 Å². The molecule has 0 unspecified atom stereocenters. The van der Waals surface area contributed by atoms with Crippen molar-refractivity contribution in [3.05, 3.63) is 83.9 Å². The summed E-state index contributed by atoms with van der Waals surface area (Å²) in [5.41, 5.74) is 4.14. The smallest absolute Gasteiger partial charge is 0.335 e. The number of imidazole rings is 1. The zero-order valence-electron chi connectivity index (χ0n) is 19.4. The minimum atomic E-state index is -0.930. The summed E-state index contributed by atoms with van der Waals surface area (Å²) >= 11 is 0. The Labute approximate surface area is 199 Å². The highest BCUT2D eigenvalue weighted by molar-refractivity contribution is 5.93. The van der Waals surface area contributed by atoms with Crippen molar-refractivity contribution in [3.8, 4) is 17.1 Å². The van der Waals surface area contributed by atoms with Gasteiger partial charge in [-0.3, -0.25) is 0 Å². The van der Waals surface area contributed by atoms with Crippen molar-refractivity contribution in [3.63, 3.8) is 0 Å². The predicted molar refractivity (Wildman–Crippen MR) is 133 cm³/mol. The molecule has 6 heteroatoms. The number of aromatic carboxylic acids is 1. The number of hydrogen-bond donors (Lipinski definition) is 2. The van der Waals surface area contributed by atoms with Gasteiger partial charge in [0.25, 0.3) is 0 Å². The molecule has 2 N–H and O–H groups in total. The van der Waals surface area contributed by atoms with E-state index in [-0.39, 0.29) is 5.56 Å². The molecule has 34 heavy (non-hydrogen) atoms. The Morgan fingerprint density at radius 1 is 0.971 bits per heavy atom. The normalized spacial score (nSPS) is 13.8. The van der Waals surface area contributed by atoms with Crippen molar-refractivity contribution in [1.29, 1.82) is 0 Å². The molecule has 1 aliphatic rings. The lowest BCUT2D eigenvalue weighted by Crippen LogP contribution is -2.14. The van der Waals surface area contributed by atoms with Crippen molar-refractivity contribution >= 4 is 17.0 Å². The first-order valence-electron chi connectivity index (χ1n) is 11.7. The standard InChI is InChI=1S/C27H26N2O3.CH4O/c30-27(31)21-13-16-25-24(17-21)28-26(29(25)22-9-5-2-6-10-22)20-11-14-23(15-12-20)32-18-19-7-3-1-4-8-19;1-2/h1,3-4,7-8,11-17,22H,2,5-6,9-10,18H2,(H,30,31);2H,1H3. The van der Waals surface area contributed by atoms with E-state index in [1.165, 1.54) is 19.3 Å². The van der Waals surface area contributed by atoms with Crippen LogP contribution in [0.5, 0.6) is 5.75 Å². The van der Waals surface area contributed by atoms with Gasteiger partial charge in [-0.1, -0.05) is 49.6 Å². The number of carbonyl (C=O) groups is 1. The van der Waals surface area contributed by atoms with E-state index in [0.29, 0.717) is 12.6 Å². The summed E-state index contributed by atoms with van der Waals surface area (Å²) in [6.07, 6.45) is 5.94. The van der Waals surface area contributed by atoms with Gasteiger partial charge in [-0.25, -0.2) is 9.78 Å². The summed E-state index contributed by atoms with van der Waals surface area (Å²) in [7, 11) is 1.00. The van der Waals surface area contributed by atoms with Gasteiger partial charge in [0.1, 0.15) is 18.2 Å². The highest BCUT2D eigenvalue weighted by Gasteiger charge is 2.23. The van der Waals surface area contributed by atoms with Crippen LogP contribution in [0.4, 0.5) is 0 Å². The number of ether oxygens (including phenoxy) is 1. The maximum atomic E-state index is 11.5. The maximum Gasteiger partial charge on any atom is 0.335 e. The van der Waals surface area contributed by atoms with E-state index in [1.807, 2.05) is 60.7 Å². The third-order valence-corrected chi connectivity index (χ3v) is 6.24. The number of fused-ring (bicyclic) bond motifs is 1. The number of aliphatic hydroxyl groups is 1. The Balaban J connectivity index is 0.00000133. The van der Waals surface area contributed by atoms with Gasteiger partial charge in [-0.05, 0) is 60.9 Å². The fourth-order valence-electron chi connectivity index (χ4n) is 4.59. The second kappa shape index (κ2) is 11.0. The molecule has 3 aromatic carbocycles. The Morgan fingerprint density at radius 3 is 2.35 bits per heavy atom. The molecular weight excluding hydrogens is 428 g/mol. The average Bonchev–Trinajstić information content (AvgIpc) is 3.29. The lowest BCUT2D eigenvalue weighted by atomic mass is 9.95. The molecule has 0 atom stereocenters. The summed E-state index contributed by atoms with van der Waals surface area (Å²) in [5, 5.41) is 16.4. The minimum absolute atomic E-state index is 0.266. The van der Waals surface area contributed by atoms with Crippen molar-refractivity contribution in [1.82, 2.24) is 9.55 Å². The fraction of sp³-hybridized carbons (Fsp3) is 0.286. The Morgan fingerprint density at radius 2 is 1.68 bits per heavy atom. The monoisotopic (exact) mass is 458 g/mol. The Kier molecular flexibility index (Phi) is 7.60. The minimum Gasteiger partial charge on any atom is -0.489 e. The second-order valence-corrected chi connectivity index (χ2v) is 8.40. The largest absolute Gasteiger partial charge is 0.489 e. The van der Waals surface area contributed by atoms with Gasteiger partial charge in [-0.15, -0.1) is 0 Å². The highest BCUT2D eigenvalue weighted by Crippen LogP contribution is 2.36. The topological polar surface area (TPSA) is 84.6 Å². The van der Waals surface area contributed by atoms with E-state index in [4.69, 9.17) is 14.8 Å². The molecule has 0 saturated heterocycles. The molecular formula is C28H30N2O4. The van der Waals surface area contributed by atoms with Gasteiger partial charge in [0, 0.05) is 18.7 Å². The third-order valence-electron chi connectivity index (χ3n) is 6.24. The fourth-order valence-corrected chi connectivity index (χ4v) is 4.59. The average molecular weight is 459 g/mol. The first-order chi connectivity index (χ1) is 16.7. The van der Waals surface area contributed by atoms with E-state index in [2.05, 4.69) is 4.57 Å². The van der Waals surface area contributed by atoms with Crippen LogP contribution in [0, 0.1) is 0 Å². The number of nitrogens with zero attached hydrogens (tertiary/aromatic N) is 2. The molecule has 0 bridgehead atoms. The Bertz CT molecular complexity index is 1230. The van der Waals surface area contributed by atoms with Crippen molar-refractivity contribution < 1.29 is 19.7 Å². The van der Waals surface area contributed by atoms with Gasteiger partial charge in [0.05, 0.1) is 16.6 Å². The van der Waals surface area contributed by atoms with Crippen LogP contribution in [0.2, 0.25) is 0 Å². The summed E-state index contributed by atoms with van der Waals surface area (Å²) in [6, 6.07) is 23.8. The zero-order chi connectivity index (χ0) is 23.9. The first-order valence-corrected chi connectivity index (χ1v) is 11.7. The highest BCUT2D eigenvalue weighted by atomic mass is 16.5. The lowest BCUT2D eigenvalue weighted by molar-refractivity contribution is 0.0697. The van der Waals surface area contributed by atoms with E-state index >= 15 is 0 Å². The Hall–Kier alpha value is -3.64. The molecule has 5 rings (SSSR count). The van der Waals surface area contributed by atoms with Gasteiger partial charge in [0.2, 0.25) is 0 Å². The summed E-state index contributed by atoms with van der Waals surface area (Å²) < 4.78 is 8.26. The lowest BCUT2D eigenvalue weighted by Gasteiger charge is -2.25. The molecule has 1 saturated carbocycles. The van der Waals surface area contributed by atoms with Gasteiger partial charge >= 0.3 is 5.97 Å². The molecule has 0 amide bonds. The molecule has 0 radical (unpaired) electrons. The number of carboxylic acid groups (broad SMARTS) is 1. The second-order valence-electron chi connectivity index (χ2n) is 8.40. The number of rotatable bonds is 6. The maximum absolute atomic E-state index is 11.5. The van der Waals surface area contributed by atoms with Crippen LogP contribution in [-0.2, 0) is 6.61 Å². The van der Waals surface area contributed by atoms with E-state index in [9.17, 15) is 9.90 Å². The molecule has 176 valence electrons. The number of benzene rings is 3. The SMILES string of the molecule is CO.O=C(O)c1ccc2c(c1)nc(-c1ccc(OCc3ccccc3)cc1)n2C1CCCCC1. The quantitative estimate of drug-likeness (QED) is 0.365. The van der Waals surface area contributed by atoms with Crippen LogP contribution >= 0.6 is 0 Å². The molecule has 0 aliphatic heterocycles.